The molecule has 0 aliphatic heterocycles. The molecule has 2 aromatic heterocycles. The first-order chi connectivity index (χ1) is 6.86. The second-order valence-corrected chi connectivity index (χ2v) is 3.90. The van der Waals surface area contributed by atoms with Crippen molar-refractivity contribution >= 4 is 17.1 Å². The highest BCUT2D eigenvalue weighted by Crippen LogP contribution is 2.11. The van der Waals surface area contributed by atoms with Crippen molar-refractivity contribution in [2.45, 2.75) is 13.0 Å². The average Bonchev–Trinajstić information content (AvgIpc) is 2.87. The zero-order valence-corrected chi connectivity index (χ0v) is 8.41. The van der Waals surface area contributed by atoms with E-state index in [2.05, 4.69) is 4.98 Å². The number of ketones is 1. The molecule has 0 saturated heterocycles. The topological polar surface area (TPSA) is 34.9 Å². The molecule has 3 nitrogen and oxygen atoms in total. The molecular formula is C10H10N2OS. The van der Waals surface area contributed by atoms with E-state index in [0.717, 1.165) is 4.88 Å². The minimum Gasteiger partial charge on any atom is -0.337 e. The Hall–Kier alpha value is -1.42. The Balaban J connectivity index is 1.90. The average molecular weight is 206 g/mol. The molecule has 4 heteroatoms. The van der Waals surface area contributed by atoms with Crippen molar-refractivity contribution in [2.75, 3.05) is 0 Å². The third-order valence-electron chi connectivity index (χ3n) is 1.95. The first-order valence-electron chi connectivity index (χ1n) is 4.39. The molecule has 0 saturated carbocycles. The van der Waals surface area contributed by atoms with Crippen LogP contribution in [0.4, 0.5) is 0 Å². The van der Waals surface area contributed by atoms with E-state index >= 15 is 0 Å². The molecule has 0 bridgehead atoms. The van der Waals surface area contributed by atoms with Gasteiger partial charge in [0.2, 0.25) is 0 Å². The predicted octanol–water partition coefficient (Wildman–Crippen LogP) is 2.22. The highest BCUT2D eigenvalue weighted by atomic mass is 32.1. The van der Waals surface area contributed by atoms with Crippen LogP contribution in [0.1, 0.15) is 16.1 Å². The lowest BCUT2D eigenvalue weighted by Crippen LogP contribution is -2.02. The van der Waals surface area contributed by atoms with Gasteiger partial charge in [0.05, 0.1) is 11.2 Å². The Morgan fingerprint density at radius 3 is 3.14 bits per heavy atom. The highest BCUT2D eigenvalue weighted by Gasteiger charge is 2.05. The Morgan fingerprint density at radius 1 is 1.57 bits per heavy atom. The summed E-state index contributed by atoms with van der Waals surface area (Å²) < 4.78 is 1.91. The number of nitrogens with zero attached hydrogens (tertiary/aromatic N) is 2. The van der Waals surface area contributed by atoms with Gasteiger partial charge in [-0.15, -0.1) is 11.3 Å². The normalized spacial score (nSPS) is 10.3. The van der Waals surface area contributed by atoms with Gasteiger partial charge in [0.25, 0.3) is 0 Å². The number of rotatable bonds is 4. The molecule has 2 rings (SSSR count). The van der Waals surface area contributed by atoms with Crippen molar-refractivity contribution in [2.24, 2.45) is 0 Å². The molecule has 0 amide bonds. The first-order valence-corrected chi connectivity index (χ1v) is 5.26. The van der Waals surface area contributed by atoms with E-state index in [9.17, 15) is 4.79 Å². The van der Waals surface area contributed by atoms with Crippen molar-refractivity contribution in [1.29, 1.82) is 0 Å². The number of imidazole rings is 1. The van der Waals surface area contributed by atoms with Crippen LogP contribution in [0.3, 0.4) is 0 Å². The standard InChI is InChI=1S/C10H10N2OS/c13-9(10-2-1-7-14-10)3-5-12-6-4-11-8-12/h1-2,4,6-8H,3,5H2. The van der Waals surface area contributed by atoms with E-state index in [0.29, 0.717) is 13.0 Å². The number of hydrogen-bond donors (Lipinski definition) is 0. The Bertz CT molecular complexity index is 392. The third kappa shape index (κ3) is 2.09. The molecule has 0 aliphatic carbocycles. The summed E-state index contributed by atoms with van der Waals surface area (Å²) in [7, 11) is 0. The van der Waals surface area contributed by atoms with Crippen LogP contribution in [0.25, 0.3) is 0 Å². The van der Waals surface area contributed by atoms with Gasteiger partial charge in [-0.1, -0.05) is 6.07 Å². The molecule has 2 heterocycles. The number of aryl methyl sites for hydroxylation is 1. The van der Waals surface area contributed by atoms with Gasteiger partial charge >= 0.3 is 0 Å². The summed E-state index contributed by atoms with van der Waals surface area (Å²) in [5.74, 6) is 0.203. The third-order valence-corrected chi connectivity index (χ3v) is 2.86. The van der Waals surface area contributed by atoms with Crippen LogP contribution < -0.4 is 0 Å². The molecule has 0 unspecified atom stereocenters. The predicted molar refractivity (Wildman–Crippen MR) is 55.5 cm³/mol. The maximum atomic E-state index is 11.6. The molecule has 2 aromatic rings. The fourth-order valence-electron chi connectivity index (χ4n) is 1.21. The molecule has 14 heavy (non-hydrogen) atoms. The number of thiophene rings is 1. The molecule has 0 radical (unpaired) electrons. The van der Waals surface area contributed by atoms with Gasteiger partial charge in [-0.2, -0.15) is 0 Å². The van der Waals surface area contributed by atoms with Crippen LogP contribution >= 0.6 is 11.3 Å². The highest BCUT2D eigenvalue weighted by molar-refractivity contribution is 7.12. The van der Waals surface area contributed by atoms with Gasteiger partial charge in [0.15, 0.2) is 5.78 Å². The van der Waals surface area contributed by atoms with E-state index in [1.165, 1.54) is 11.3 Å². The molecule has 0 spiro atoms. The van der Waals surface area contributed by atoms with E-state index in [1.807, 2.05) is 28.3 Å². The fraction of sp³-hybridized carbons (Fsp3) is 0.200. The zero-order valence-electron chi connectivity index (χ0n) is 7.59. The molecule has 72 valence electrons. The summed E-state index contributed by atoms with van der Waals surface area (Å²) in [5.41, 5.74) is 0. The van der Waals surface area contributed by atoms with Crippen LogP contribution in [0.5, 0.6) is 0 Å². The lowest BCUT2D eigenvalue weighted by molar-refractivity contribution is 0.0981. The maximum Gasteiger partial charge on any atom is 0.174 e. The van der Waals surface area contributed by atoms with Crippen molar-refractivity contribution in [3.8, 4) is 0 Å². The summed E-state index contributed by atoms with van der Waals surface area (Å²) in [4.78, 5) is 16.3. The second-order valence-electron chi connectivity index (χ2n) is 2.95. The smallest absolute Gasteiger partial charge is 0.174 e. The quantitative estimate of drug-likeness (QED) is 0.719. The van der Waals surface area contributed by atoms with Crippen LogP contribution in [-0.4, -0.2) is 15.3 Å². The van der Waals surface area contributed by atoms with Crippen LogP contribution in [0.2, 0.25) is 0 Å². The van der Waals surface area contributed by atoms with Gasteiger partial charge < -0.3 is 4.57 Å². The van der Waals surface area contributed by atoms with Gasteiger partial charge in [-0.05, 0) is 11.4 Å². The maximum absolute atomic E-state index is 11.6. The number of carbonyl (C=O) groups excluding carboxylic acids is 1. The monoisotopic (exact) mass is 206 g/mol. The van der Waals surface area contributed by atoms with E-state index in [4.69, 9.17) is 0 Å². The van der Waals surface area contributed by atoms with Gasteiger partial charge in [-0.25, -0.2) is 4.98 Å². The summed E-state index contributed by atoms with van der Waals surface area (Å²) in [6, 6.07) is 3.76. The number of hydrogen-bond acceptors (Lipinski definition) is 3. The molecule has 0 N–H and O–H groups in total. The minimum atomic E-state index is 0.203. The van der Waals surface area contributed by atoms with E-state index in [-0.39, 0.29) is 5.78 Å². The Labute approximate surface area is 86.0 Å². The van der Waals surface area contributed by atoms with Crippen LogP contribution in [-0.2, 0) is 6.54 Å². The number of carbonyl (C=O) groups is 1. The molecule has 0 atom stereocenters. The fourth-order valence-corrected chi connectivity index (χ4v) is 1.90. The molecule has 0 aliphatic rings. The van der Waals surface area contributed by atoms with E-state index < -0.39 is 0 Å². The lowest BCUT2D eigenvalue weighted by atomic mass is 10.2. The first kappa shape index (κ1) is 9.15. The van der Waals surface area contributed by atoms with Crippen LogP contribution in [0.15, 0.2) is 36.2 Å². The number of Topliss-reactive ketones (excluding diaryl/α,β-unsaturated/α-hetero) is 1. The Kier molecular flexibility index (Phi) is 2.74. The summed E-state index contributed by atoms with van der Waals surface area (Å²) in [5, 5.41) is 1.92. The minimum absolute atomic E-state index is 0.203. The summed E-state index contributed by atoms with van der Waals surface area (Å²) in [6.07, 6.45) is 5.84. The second kappa shape index (κ2) is 4.19. The SMILES string of the molecule is O=C(CCn1ccnc1)c1cccs1. The lowest BCUT2D eigenvalue weighted by Gasteiger charge is -1.99. The van der Waals surface area contributed by atoms with Crippen molar-refractivity contribution in [1.82, 2.24) is 9.55 Å². The molecule has 0 aromatic carbocycles. The van der Waals surface area contributed by atoms with Gasteiger partial charge in [0.1, 0.15) is 0 Å². The van der Waals surface area contributed by atoms with Gasteiger partial charge in [0, 0.05) is 25.4 Å². The Morgan fingerprint density at radius 2 is 2.50 bits per heavy atom. The summed E-state index contributed by atoms with van der Waals surface area (Å²) in [6.45, 7) is 0.705. The van der Waals surface area contributed by atoms with Crippen molar-refractivity contribution < 1.29 is 4.79 Å². The molecular weight excluding hydrogens is 196 g/mol. The largest absolute Gasteiger partial charge is 0.337 e. The van der Waals surface area contributed by atoms with Crippen molar-refractivity contribution in [3.63, 3.8) is 0 Å². The van der Waals surface area contributed by atoms with Gasteiger partial charge in [-0.3, -0.25) is 4.79 Å². The van der Waals surface area contributed by atoms with Crippen LogP contribution in [0, 0.1) is 0 Å². The van der Waals surface area contributed by atoms with Crippen molar-refractivity contribution in [3.05, 3.63) is 41.1 Å². The zero-order chi connectivity index (χ0) is 9.80. The molecule has 0 fully saturated rings. The number of aromatic nitrogens is 2. The summed E-state index contributed by atoms with van der Waals surface area (Å²) >= 11 is 1.49. The van der Waals surface area contributed by atoms with E-state index in [1.54, 1.807) is 12.5 Å².